The highest BCUT2D eigenvalue weighted by Gasteiger charge is 2.25. The first kappa shape index (κ1) is 19.1. The first-order valence-corrected chi connectivity index (χ1v) is 8.53. The van der Waals surface area contributed by atoms with Crippen LogP contribution >= 0.6 is 0 Å². The van der Waals surface area contributed by atoms with Crippen molar-refractivity contribution in [2.75, 3.05) is 6.54 Å². The Morgan fingerprint density at radius 2 is 1.96 bits per heavy atom. The molecule has 0 unspecified atom stereocenters. The van der Waals surface area contributed by atoms with E-state index in [1.54, 1.807) is 18.2 Å². The number of rotatable bonds is 7. The van der Waals surface area contributed by atoms with Gasteiger partial charge >= 0.3 is 0 Å². The molecule has 25 heavy (non-hydrogen) atoms. The van der Waals surface area contributed by atoms with Crippen molar-refractivity contribution in [3.05, 3.63) is 41.7 Å². The van der Waals surface area contributed by atoms with Crippen molar-refractivity contribution in [3.63, 3.8) is 0 Å². The summed E-state index contributed by atoms with van der Waals surface area (Å²) in [5.74, 6) is -0.514. The van der Waals surface area contributed by atoms with E-state index < -0.39 is 17.3 Å². The average molecular weight is 348 g/mol. The number of aromatic nitrogens is 3. The van der Waals surface area contributed by atoms with Gasteiger partial charge in [0.2, 0.25) is 5.82 Å². The van der Waals surface area contributed by atoms with Crippen LogP contribution in [0.5, 0.6) is 0 Å². The number of benzene rings is 1. The molecule has 0 aliphatic heterocycles. The van der Waals surface area contributed by atoms with Gasteiger partial charge in [-0.3, -0.25) is 4.79 Å². The SMILES string of the molecule is CCC(O)(CC)CNC(=O)c1nc(C(C)C)n(-c2ccccc2F)n1. The van der Waals surface area contributed by atoms with Crippen molar-refractivity contribution >= 4 is 5.91 Å². The number of carbonyl (C=O) groups is 1. The molecule has 2 N–H and O–H groups in total. The lowest BCUT2D eigenvalue weighted by Crippen LogP contribution is -2.42. The van der Waals surface area contributed by atoms with Crippen LogP contribution in [0.25, 0.3) is 5.69 Å². The van der Waals surface area contributed by atoms with Crippen LogP contribution in [0.4, 0.5) is 4.39 Å². The monoisotopic (exact) mass is 348 g/mol. The van der Waals surface area contributed by atoms with E-state index in [4.69, 9.17) is 0 Å². The highest BCUT2D eigenvalue weighted by molar-refractivity contribution is 5.90. The largest absolute Gasteiger partial charge is 0.388 e. The number of aliphatic hydroxyl groups is 1. The normalized spacial score (nSPS) is 11.8. The predicted molar refractivity (Wildman–Crippen MR) is 93.3 cm³/mol. The summed E-state index contributed by atoms with van der Waals surface area (Å²) in [6, 6.07) is 6.22. The van der Waals surface area contributed by atoms with Gasteiger partial charge < -0.3 is 10.4 Å². The summed E-state index contributed by atoms with van der Waals surface area (Å²) in [5.41, 5.74) is -0.707. The topological polar surface area (TPSA) is 80.0 Å². The number of nitrogens with zero attached hydrogens (tertiary/aromatic N) is 3. The number of hydrogen-bond acceptors (Lipinski definition) is 4. The van der Waals surface area contributed by atoms with Crippen molar-refractivity contribution in [2.24, 2.45) is 0 Å². The number of amides is 1. The summed E-state index contributed by atoms with van der Waals surface area (Å²) in [6.07, 6.45) is 1.05. The molecular weight excluding hydrogens is 323 g/mol. The van der Waals surface area contributed by atoms with E-state index in [0.717, 1.165) is 0 Å². The molecule has 1 aromatic carbocycles. The molecule has 7 heteroatoms. The smallest absolute Gasteiger partial charge is 0.291 e. The first-order chi connectivity index (χ1) is 11.8. The van der Waals surface area contributed by atoms with Gasteiger partial charge in [0, 0.05) is 12.5 Å². The number of nitrogens with one attached hydrogen (secondary N) is 1. The Bertz CT molecular complexity index is 738. The maximum absolute atomic E-state index is 14.1. The second-order valence-corrected chi connectivity index (χ2v) is 6.43. The zero-order chi connectivity index (χ0) is 18.6. The van der Waals surface area contributed by atoms with Crippen LogP contribution in [-0.4, -0.2) is 37.9 Å². The molecule has 0 radical (unpaired) electrons. The van der Waals surface area contributed by atoms with Crippen LogP contribution < -0.4 is 5.32 Å². The Balaban J connectivity index is 2.30. The summed E-state index contributed by atoms with van der Waals surface area (Å²) >= 11 is 0. The van der Waals surface area contributed by atoms with E-state index in [-0.39, 0.29) is 24.0 Å². The fraction of sp³-hybridized carbons (Fsp3) is 0.500. The molecule has 6 nitrogen and oxygen atoms in total. The van der Waals surface area contributed by atoms with Gasteiger partial charge in [-0.15, -0.1) is 5.10 Å². The van der Waals surface area contributed by atoms with E-state index in [0.29, 0.717) is 18.7 Å². The summed E-state index contributed by atoms with van der Waals surface area (Å²) in [7, 11) is 0. The second-order valence-electron chi connectivity index (χ2n) is 6.43. The molecule has 1 aromatic heterocycles. The third-order valence-electron chi connectivity index (χ3n) is 4.33. The van der Waals surface area contributed by atoms with Crippen molar-refractivity contribution in [3.8, 4) is 5.69 Å². The van der Waals surface area contributed by atoms with Crippen LogP contribution in [0.3, 0.4) is 0 Å². The maximum atomic E-state index is 14.1. The fourth-order valence-electron chi connectivity index (χ4n) is 2.42. The number of carbonyl (C=O) groups excluding carboxylic acids is 1. The van der Waals surface area contributed by atoms with Crippen molar-refractivity contribution in [1.82, 2.24) is 20.1 Å². The number of para-hydroxylation sites is 1. The van der Waals surface area contributed by atoms with Crippen molar-refractivity contribution in [2.45, 2.75) is 52.1 Å². The zero-order valence-electron chi connectivity index (χ0n) is 15.1. The van der Waals surface area contributed by atoms with Gasteiger partial charge in [0.25, 0.3) is 5.91 Å². The Kier molecular flexibility index (Phi) is 5.89. The minimum atomic E-state index is -0.954. The molecule has 1 amide bonds. The number of hydrogen-bond donors (Lipinski definition) is 2. The molecule has 0 atom stereocenters. The summed E-state index contributed by atoms with van der Waals surface area (Å²) in [5, 5.41) is 17.1. The highest BCUT2D eigenvalue weighted by atomic mass is 19.1. The molecule has 0 saturated carbocycles. The minimum absolute atomic E-state index is 0.0403. The van der Waals surface area contributed by atoms with Gasteiger partial charge in [-0.1, -0.05) is 39.8 Å². The van der Waals surface area contributed by atoms with Crippen molar-refractivity contribution < 1.29 is 14.3 Å². The van der Waals surface area contributed by atoms with Gasteiger partial charge in [0.1, 0.15) is 17.3 Å². The molecule has 136 valence electrons. The molecule has 0 bridgehead atoms. The van der Waals surface area contributed by atoms with Gasteiger partial charge in [0.15, 0.2) is 0 Å². The first-order valence-electron chi connectivity index (χ1n) is 8.53. The lowest BCUT2D eigenvalue weighted by molar-refractivity contribution is 0.0312. The van der Waals surface area contributed by atoms with E-state index in [1.807, 2.05) is 27.7 Å². The van der Waals surface area contributed by atoms with Crippen LogP contribution in [0.15, 0.2) is 24.3 Å². The summed E-state index contributed by atoms with van der Waals surface area (Å²) in [4.78, 5) is 16.6. The number of halogens is 1. The zero-order valence-corrected chi connectivity index (χ0v) is 15.1. The quantitative estimate of drug-likeness (QED) is 0.806. The lowest BCUT2D eigenvalue weighted by atomic mass is 9.98. The minimum Gasteiger partial charge on any atom is -0.388 e. The summed E-state index contributed by atoms with van der Waals surface area (Å²) < 4.78 is 15.5. The summed E-state index contributed by atoms with van der Waals surface area (Å²) in [6.45, 7) is 7.63. The molecule has 2 rings (SSSR count). The second kappa shape index (κ2) is 7.74. The van der Waals surface area contributed by atoms with E-state index in [1.165, 1.54) is 10.7 Å². The predicted octanol–water partition coefficient (Wildman–Crippen LogP) is 2.81. The Morgan fingerprint density at radius 1 is 1.32 bits per heavy atom. The van der Waals surface area contributed by atoms with Crippen LogP contribution in [0.1, 0.15) is 62.9 Å². The molecule has 0 aliphatic rings. The van der Waals surface area contributed by atoms with E-state index >= 15 is 0 Å². The standard InChI is InChI=1S/C18H25FN4O2/c1-5-18(25,6-2)11-20-17(24)15-21-16(12(3)4)23(22-15)14-10-8-7-9-13(14)19/h7-10,12,25H,5-6,11H2,1-4H3,(H,20,24). The van der Waals surface area contributed by atoms with E-state index in [2.05, 4.69) is 15.4 Å². The molecular formula is C18H25FN4O2. The molecule has 1 heterocycles. The van der Waals surface area contributed by atoms with Crippen LogP contribution in [0.2, 0.25) is 0 Å². The lowest BCUT2D eigenvalue weighted by Gasteiger charge is -2.24. The third kappa shape index (κ3) is 4.22. The Hall–Kier alpha value is -2.28. The molecule has 0 spiro atoms. The Labute approximate surface area is 147 Å². The van der Waals surface area contributed by atoms with Gasteiger partial charge in [-0.05, 0) is 25.0 Å². The molecule has 0 aliphatic carbocycles. The molecule has 0 fully saturated rings. The van der Waals surface area contributed by atoms with Gasteiger partial charge in [0.05, 0.1) is 5.60 Å². The van der Waals surface area contributed by atoms with E-state index in [9.17, 15) is 14.3 Å². The third-order valence-corrected chi connectivity index (χ3v) is 4.33. The maximum Gasteiger partial charge on any atom is 0.291 e. The molecule has 2 aromatic rings. The average Bonchev–Trinajstić information content (AvgIpc) is 3.05. The fourth-order valence-corrected chi connectivity index (χ4v) is 2.42. The van der Waals surface area contributed by atoms with Gasteiger partial charge in [-0.2, -0.15) is 0 Å². The van der Waals surface area contributed by atoms with Crippen LogP contribution in [-0.2, 0) is 0 Å². The highest BCUT2D eigenvalue weighted by Crippen LogP contribution is 2.20. The van der Waals surface area contributed by atoms with Gasteiger partial charge in [-0.25, -0.2) is 14.1 Å². The Morgan fingerprint density at radius 3 is 2.52 bits per heavy atom. The van der Waals surface area contributed by atoms with Crippen molar-refractivity contribution in [1.29, 1.82) is 0 Å². The molecule has 0 saturated heterocycles. The van der Waals surface area contributed by atoms with Crippen LogP contribution in [0, 0.1) is 5.82 Å².